The third kappa shape index (κ3) is 4.41. The zero-order chi connectivity index (χ0) is 20.7. The summed E-state index contributed by atoms with van der Waals surface area (Å²) < 4.78 is 22.1. The van der Waals surface area contributed by atoms with Gasteiger partial charge in [-0.05, 0) is 56.2 Å². The van der Waals surface area contributed by atoms with Crippen LogP contribution in [-0.4, -0.2) is 27.1 Å². The number of nitrogens with two attached hydrogens (primary N) is 1. The largest absolute Gasteiger partial charge is 0.461 e. The fraction of sp³-hybridized carbons (Fsp3) is 0.571. The van der Waals surface area contributed by atoms with Crippen molar-refractivity contribution in [2.45, 2.75) is 71.6 Å². The highest BCUT2D eigenvalue weighted by Crippen LogP contribution is 2.37. The maximum absolute atomic E-state index is 15.0. The molecule has 7 heteroatoms. The van der Waals surface area contributed by atoms with Gasteiger partial charge in [-0.15, -0.1) is 5.10 Å². The lowest BCUT2D eigenvalue weighted by Gasteiger charge is -2.34. The molecule has 28 heavy (non-hydrogen) atoms. The Bertz CT molecular complexity index is 868. The lowest BCUT2D eigenvalue weighted by Crippen LogP contribution is -2.49. The van der Waals surface area contributed by atoms with Crippen LogP contribution < -0.4 is 5.73 Å². The first-order valence-corrected chi connectivity index (χ1v) is 9.72. The van der Waals surface area contributed by atoms with E-state index in [0.717, 1.165) is 12.8 Å². The molecule has 0 amide bonds. The summed E-state index contributed by atoms with van der Waals surface area (Å²) in [6.07, 6.45) is 3.92. The highest BCUT2D eigenvalue weighted by Gasteiger charge is 2.42. The Morgan fingerprint density at radius 1 is 1.36 bits per heavy atom. The van der Waals surface area contributed by atoms with Gasteiger partial charge in [-0.1, -0.05) is 32.1 Å². The summed E-state index contributed by atoms with van der Waals surface area (Å²) in [7, 11) is 0. The predicted molar refractivity (Wildman–Crippen MR) is 105 cm³/mol. The average Bonchev–Trinajstić information content (AvgIpc) is 3.30. The van der Waals surface area contributed by atoms with Gasteiger partial charge >= 0.3 is 5.97 Å². The number of halogens is 1. The van der Waals surface area contributed by atoms with E-state index in [-0.39, 0.29) is 11.5 Å². The number of rotatable bonds is 6. The van der Waals surface area contributed by atoms with Gasteiger partial charge in [0.25, 0.3) is 0 Å². The number of benzene rings is 1. The van der Waals surface area contributed by atoms with Crippen LogP contribution in [0.25, 0.3) is 11.3 Å². The molecule has 1 aromatic heterocycles. The van der Waals surface area contributed by atoms with E-state index in [0.29, 0.717) is 29.3 Å². The minimum atomic E-state index is -1.44. The maximum atomic E-state index is 15.0. The SMILES string of the molecule is CC(C)OC(=O)[C@@](N)(CC(C)(C)C)c1ccc(-c2cn(C3CC3)nn2)c(F)c1. The first kappa shape index (κ1) is 20.5. The molecule has 152 valence electrons. The number of carbonyl (C=O) groups is 1. The van der Waals surface area contributed by atoms with Crippen molar-refractivity contribution in [3.05, 3.63) is 35.8 Å². The van der Waals surface area contributed by atoms with Gasteiger partial charge in [-0.3, -0.25) is 0 Å². The molecule has 0 unspecified atom stereocenters. The number of ether oxygens (including phenoxy) is 1. The first-order chi connectivity index (χ1) is 13.0. The summed E-state index contributed by atoms with van der Waals surface area (Å²) >= 11 is 0. The summed E-state index contributed by atoms with van der Waals surface area (Å²) in [5.74, 6) is -1.04. The van der Waals surface area contributed by atoms with Crippen molar-refractivity contribution in [1.29, 1.82) is 0 Å². The smallest absolute Gasteiger partial charge is 0.331 e. The summed E-state index contributed by atoms with van der Waals surface area (Å²) in [5.41, 5.74) is 6.04. The molecular weight excluding hydrogens is 359 g/mol. The molecular formula is C21H29FN4O2. The molecule has 1 aliphatic carbocycles. The molecule has 6 nitrogen and oxygen atoms in total. The van der Waals surface area contributed by atoms with Crippen LogP contribution in [0.1, 0.15) is 65.5 Å². The topological polar surface area (TPSA) is 83.0 Å². The van der Waals surface area contributed by atoms with Crippen molar-refractivity contribution in [3.8, 4) is 11.3 Å². The molecule has 0 bridgehead atoms. The number of aromatic nitrogens is 3. The minimum Gasteiger partial charge on any atom is -0.461 e. The molecule has 1 heterocycles. The minimum absolute atomic E-state index is 0.257. The van der Waals surface area contributed by atoms with E-state index in [1.54, 1.807) is 36.9 Å². The van der Waals surface area contributed by atoms with Gasteiger partial charge in [0.05, 0.1) is 18.3 Å². The van der Waals surface area contributed by atoms with Crippen LogP contribution in [0.15, 0.2) is 24.4 Å². The van der Waals surface area contributed by atoms with Gasteiger partial charge in [0.15, 0.2) is 0 Å². The summed E-state index contributed by atoms with van der Waals surface area (Å²) in [6, 6.07) is 4.98. The lowest BCUT2D eigenvalue weighted by atomic mass is 9.76. The van der Waals surface area contributed by atoms with Crippen molar-refractivity contribution in [1.82, 2.24) is 15.0 Å². The molecule has 1 aromatic carbocycles. The molecule has 1 fully saturated rings. The monoisotopic (exact) mass is 388 g/mol. The number of hydrogen-bond acceptors (Lipinski definition) is 5. The van der Waals surface area contributed by atoms with Gasteiger partial charge < -0.3 is 10.5 Å². The second kappa shape index (κ2) is 7.28. The standard InChI is InChI=1S/C21H29FN4O2/c1-13(2)28-19(27)21(23,12-20(3,4)5)14-6-9-16(17(22)10-14)18-11-26(25-24-18)15-7-8-15/h6,9-11,13,15H,7-8,12,23H2,1-5H3/t21-/m1/s1. The first-order valence-electron chi connectivity index (χ1n) is 9.72. The van der Waals surface area contributed by atoms with E-state index < -0.39 is 17.3 Å². The van der Waals surface area contributed by atoms with E-state index in [1.165, 1.54) is 6.07 Å². The third-order valence-corrected chi connectivity index (χ3v) is 4.71. The van der Waals surface area contributed by atoms with Crippen molar-refractivity contribution in [3.63, 3.8) is 0 Å². The zero-order valence-corrected chi connectivity index (χ0v) is 17.2. The Kier molecular flexibility index (Phi) is 5.32. The Morgan fingerprint density at radius 3 is 2.57 bits per heavy atom. The number of nitrogens with zero attached hydrogens (tertiary/aromatic N) is 3. The molecule has 0 spiro atoms. The third-order valence-electron chi connectivity index (χ3n) is 4.71. The van der Waals surface area contributed by atoms with E-state index in [9.17, 15) is 9.18 Å². The van der Waals surface area contributed by atoms with E-state index in [1.807, 2.05) is 20.8 Å². The van der Waals surface area contributed by atoms with E-state index >= 15 is 0 Å². The lowest BCUT2D eigenvalue weighted by molar-refractivity contribution is -0.156. The molecule has 2 aromatic rings. The van der Waals surface area contributed by atoms with E-state index in [4.69, 9.17) is 10.5 Å². The van der Waals surface area contributed by atoms with Crippen molar-refractivity contribution in [2.75, 3.05) is 0 Å². The van der Waals surface area contributed by atoms with Crippen LogP contribution in [-0.2, 0) is 15.1 Å². The van der Waals surface area contributed by atoms with Gasteiger partial charge in [0.1, 0.15) is 17.1 Å². The molecule has 1 atom stereocenters. The summed E-state index contributed by atoms with van der Waals surface area (Å²) in [6.45, 7) is 9.49. The number of carbonyl (C=O) groups excluding carboxylic acids is 1. The fourth-order valence-corrected chi connectivity index (χ4v) is 3.37. The van der Waals surface area contributed by atoms with E-state index in [2.05, 4.69) is 10.3 Å². The van der Waals surface area contributed by atoms with Crippen molar-refractivity contribution < 1.29 is 13.9 Å². The van der Waals surface area contributed by atoms with Gasteiger partial charge in [0, 0.05) is 5.56 Å². The molecule has 2 N–H and O–H groups in total. The molecule has 0 saturated heterocycles. The number of hydrogen-bond donors (Lipinski definition) is 1. The average molecular weight is 388 g/mol. The van der Waals surface area contributed by atoms with Gasteiger partial charge in [-0.25, -0.2) is 13.9 Å². The Hall–Kier alpha value is -2.28. The van der Waals surface area contributed by atoms with Crippen LogP contribution in [0.2, 0.25) is 0 Å². The van der Waals surface area contributed by atoms with Gasteiger partial charge in [-0.2, -0.15) is 0 Å². The number of esters is 1. The summed E-state index contributed by atoms with van der Waals surface area (Å²) in [5, 5.41) is 8.16. The normalized spacial score (nSPS) is 16.9. The Labute approximate surface area is 165 Å². The van der Waals surface area contributed by atoms with Crippen LogP contribution in [0.4, 0.5) is 4.39 Å². The van der Waals surface area contributed by atoms with Gasteiger partial charge in [0.2, 0.25) is 0 Å². The van der Waals surface area contributed by atoms with Crippen LogP contribution in [0.5, 0.6) is 0 Å². The second-order valence-corrected chi connectivity index (χ2v) is 9.17. The highest BCUT2D eigenvalue weighted by atomic mass is 19.1. The fourth-order valence-electron chi connectivity index (χ4n) is 3.37. The molecule has 3 rings (SSSR count). The van der Waals surface area contributed by atoms with Crippen molar-refractivity contribution in [2.24, 2.45) is 11.1 Å². The maximum Gasteiger partial charge on any atom is 0.331 e. The van der Waals surface area contributed by atoms with Crippen molar-refractivity contribution >= 4 is 5.97 Å². The molecule has 0 radical (unpaired) electrons. The zero-order valence-electron chi connectivity index (χ0n) is 17.2. The Balaban J connectivity index is 1.95. The van der Waals surface area contributed by atoms with Crippen LogP contribution in [0, 0.1) is 11.2 Å². The Morgan fingerprint density at radius 2 is 2.04 bits per heavy atom. The molecule has 1 aliphatic rings. The predicted octanol–water partition coefficient (Wildman–Crippen LogP) is 3.96. The molecule has 0 aliphatic heterocycles. The van der Waals surface area contributed by atoms with Crippen LogP contribution in [0.3, 0.4) is 0 Å². The molecule has 1 saturated carbocycles. The quantitative estimate of drug-likeness (QED) is 0.757. The van der Waals surface area contributed by atoms with Crippen LogP contribution >= 0.6 is 0 Å². The summed E-state index contributed by atoms with van der Waals surface area (Å²) in [4.78, 5) is 12.8. The highest BCUT2D eigenvalue weighted by molar-refractivity contribution is 5.83. The second-order valence-electron chi connectivity index (χ2n) is 9.17.